The Morgan fingerprint density at radius 2 is 1.88 bits per heavy atom. The molecule has 0 spiro atoms. The number of non-ortho nitro benzene ring substituents is 1. The van der Waals surface area contributed by atoms with E-state index in [9.17, 15) is 14.9 Å². The average Bonchev–Trinajstić information content (AvgIpc) is 2.80. The molecule has 1 N–H and O–H groups in total. The summed E-state index contributed by atoms with van der Waals surface area (Å²) >= 11 is 9.30. The highest BCUT2D eigenvalue weighted by atomic mass is 79.9. The van der Waals surface area contributed by atoms with Crippen molar-refractivity contribution >= 4 is 45.3 Å². The molecule has 0 aliphatic carbocycles. The van der Waals surface area contributed by atoms with Crippen LogP contribution >= 0.6 is 27.5 Å². The largest absolute Gasteiger partial charge is 0.490 e. The second-order valence-corrected chi connectivity index (χ2v) is 7.97. The van der Waals surface area contributed by atoms with E-state index in [1.807, 2.05) is 6.92 Å². The van der Waals surface area contributed by atoms with Crippen LogP contribution in [0, 0.1) is 10.1 Å². The predicted octanol–water partition coefficient (Wildman–Crippen LogP) is 5.75. The number of nitrogens with one attached hydrogen (secondary N) is 1. The molecule has 3 aromatic rings. The Bertz CT molecular complexity index is 1190. The van der Waals surface area contributed by atoms with Crippen molar-refractivity contribution in [1.29, 1.82) is 0 Å². The van der Waals surface area contributed by atoms with Gasteiger partial charge in [-0.3, -0.25) is 14.9 Å². The van der Waals surface area contributed by atoms with E-state index < -0.39 is 4.92 Å². The van der Waals surface area contributed by atoms with E-state index in [2.05, 4.69) is 26.5 Å². The molecule has 0 aromatic heterocycles. The summed E-state index contributed by atoms with van der Waals surface area (Å²) in [5, 5.41) is 15.5. The number of hydrogen-bond acceptors (Lipinski definition) is 6. The maximum absolute atomic E-state index is 12.2. The minimum Gasteiger partial charge on any atom is -0.490 e. The summed E-state index contributed by atoms with van der Waals surface area (Å²) in [6.07, 6.45) is 1.48. The van der Waals surface area contributed by atoms with Crippen molar-refractivity contribution in [3.8, 4) is 11.5 Å². The maximum Gasteiger partial charge on any atom is 0.271 e. The van der Waals surface area contributed by atoms with Crippen molar-refractivity contribution < 1.29 is 19.2 Å². The zero-order valence-corrected chi connectivity index (χ0v) is 19.8. The predicted molar refractivity (Wildman–Crippen MR) is 129 cm³/mol. The number of rotatable bonds is 9. The molecule has 170 valence electrons. The number of nitro benzene ring substituents is 1. The van der Waals surface area contributed by atoms with Crippen LogP contribution in [0.15, 0.2) is 70.2 Å². The second-order valence-electron chi connectivity index (χ2n) is 6.68. The third kappa shape index (κ3) is 6.77. The Morgan fingerprint density at radius 3 is 2.58 bits per heavy atom. The molecule has 0 aliphatic rings. The van der Waals surface area contributed by atoms with E-state index in [0.717, 1.165) is 0 Å². The van der Waals surface area contributed by atoms with Crippen LogP contribution in [0.1, 0.15) is 28.4 Å². The van der Waals surface area contributed by atoms with Crippen molar-refractivity contribution in [3.05, 3.63) is 97.0 Å². The lowest BCUT2D eigenvalue weighted by Gasteiger charge is -2.14. The van der Waals surface area contributed by atoms with Gasteiger partial charge < -0.3 is 9.47 Å². The average molecular weight is 533 g/mol. The van der Waals surface area contributed by atoms with Gasteiger partial charge in [0.15, 0.2) is 11.5 Å². The van der Waals surface area contributed by atoms with Gasteiger partial charge in [0, 0.05) is 32.8 Å². The Kier molecular flexibility index (Phi) is 8.39. The van der Waals surface area contributed by atoms with Crippen LogP contribution in [-0.2, 0) is 6.61 Å². The molecule has 0 aliphatic heterocycles. The number of hydrazone groups is 1. The summed E-state index contributed by atoms with van der Waals surface area (Å²) in [6.45, 7) is 2.37. The molecule has 0 unspecified atom stereocenters. The first-order valence-corrected chi connectivity index (χ1v) is 11.0. The molecular weight excluding hydrogens is 514 g/mol. The van der Waals surface area contributed by atoms with E-state index in [0.29, 0.717) is 44.3 Å². The topological polar surface area (TPSA) is 103 Å². The summed E-state index contributed by atoms with van der Waals surface area (Å²) in [4.78, 5) is 22.7. The van der Waals surface area contributed by atoms with Crippen LogP contribution in [0.3, 0.4) is 0 Å². The van der Waals surface area contributed by atoms with Gasteiger partial charge in [0.05, 0.1) is 17.7 Å². The first kappa shape index (κ1) is 24.2. The van der Waals surface area contributed by atoms with E-state index >= 15 is 0 Å². The molecule has 0 saturated heterocycles. The summed E-state index contributed by atoms with van der Waals surface area (Å²) in [7, 11) is 0. The van der Waals surface area contributed by atoms with Gasteiger partial charge in [-0.15, -0.1) is 0 Å². The van der Waals surface area contributed by atoms with Gasteiger partial charge >= 0.3 is 0 Å². The number of nitrogens with zero attached hydrogens (tertiary/aromatic N) is 2. The number of amides is 1. The highest BCUT2D eigenvalue weighted by molar-refractivity contribution is 9.10. The third-order valence-corrected chi connectivity index (χ3v) is 5.29. The van der Waals surface area contributed by atoms with Crippen LogP contribution in [0.5, 0.6) is 11.5 Å². The van der Waals surface area contributed by atoms with Crippen molar-refractivity contribution in [2.45, 2.75) is 13.5 Å². The van der Waals surface area contributed by atoms with E-state index in [4.69, 9.17) is 21.1 Å². The smallest absolute Gasteiger partial charge is 0.271 e. The Balaban J connectivity index is 1.72. The molecule has 0 fully saturated rings. The fraction of sp³-hybridized carbons (Fsp3) is 0.130. The molecule has 1 amide bonds. The lowest BCUT2D eigenvalue weighted by molar-refractivity contribution is -0.384. The van der Waals surface area contributed by atoms with Gasteiger partial charge in [-0.05, 0) is 64.8 Å². The van der Waals surface area contributed by atoms with Gasteiger partial charge in [-0.1, -0.05) is 23.7 Å². The molecule has 0 atom stereocenters. The van der Waals surface area contributed by atoms with E-state index in [1.54, 1.807) is 48.5 Å². The van der Waals surface area contributed by atoms with Gasteiger partial charge in [0.25, 0.3) is 11.6 Å². The Morgan fingerprint density at radius 1 is 1.15 bits per heavy atom. The van der Waals surface area contributed by atoms with Crippen LogP contribution in [-0.4, -0.2) is 23.7 Å². The fourth-order valence-electron chi connectivity index (χ4n) is 2.78. The van der Waals surface area contributed by atoms with E-state index in [-0.39, 0.29) is 18.2 Å². The summed E-state index contributed by atoms with van der Waals surface area (Å²) in [5.41, 5.74) is 4.18. The van der Waals surface area contributed by atoms with Crippen molar-refractivity contribution in [1.82, 2.24) is 5.43 Å². The van der Waals surface area contributed by atoms with Crippen LogP contribution < -0.4 is 14.9 Å². The lowest BCUT2D eigenvalue weighted by atomic mass is 10.2. The highest BCUT2D eigenvalue weighted by Gasteiger charge is 2.12. The van der Waals surface area contributed by atoms with Gasteiger partial charge in [-0.2, -0.15) is 5.10 Å². The molecule has 0 bridgehead atoms. The summed E-state index contributed by atoms with van der Waals surface area (Å²) < 4.78 is 12.2. The fourth-order valence-corrected chi connectivity index (χ4v) is 3.33. The van der Waals surface area contributed by atoms with Gasteiger partial charge in [0.1, 0.15) is 6.61 Å². The van der Waals surface area contributed by atoms with Crippen LogP contribution in [0.4, 0.5) is 5.69 Å². The molecule has 3 rings (SSSR count). The van der Waals surface area contributed by atoms with Crippen LogP contribution in [0.2, 0.25) is 5.02 Å². The van der Waals surface area contributed by atoms with E-state index in [1.165, 1.54) is 18.3 Å². The highest BCUT2D eigenvalue weighted by Crippen LogP contribution is 2.34. The molecule has 33 heavy (non-hydrogen) atoms. The molecule has 10 heteroatoms. The number of carbonyl (C=O) groups is 1. The van der Waals surface area contributed by atoms with Gasteiger partial charge in [-0.25, -0.2) is 5.43 Å². The summed E-state index contributed by atoms with van der Waals surface area (Å²) in [6, 6.07) is 16.1. The number of benzene rings is 3. The number of carbonyl (C=O) groups excluding carboxylic acids is 1. The quantitative estimate of drug-likeness (QED) is 0.215. The summed E-state index contributed by atoms with van der Waals surface area (Å²) in [5.74, 6) is 0.551. The number of ether oxygens (including phenoxy) is 2. The third-order valence-electron chi connectivity index (χ3n) is 4.35. The molecule has 0 saturated carbocycles. The monoisotopic (exact) mass is 531 g/mol. The Hall–Kier alpha value is -3.43. The SMILES string of the molecule is CCOc1cc(/C=N\NC(=O)c2ccc(Cl)cc2)c(Br)cc1OCc1cccc([N+](=O)[O-])c1. The Labute approximate surface area is 203 Å². The van der Waals surface area contributed by atoms with Crippen molar-refractivity contribution in [2.75, 3.05) is 6.61 Å². The maximum atomic E-state index is 12.2. The molecule has 0 heterocycles. The normalized spacial score (nSPS) is 10.8. The standard InChI is InChI=1S/C23H19BrClN3O5/c1-2-32-21-11-17(13-26-27-23(29)16-6-8-18(25)9-7-16)20(24)12-22(21)33-14-15-4-3-5-19(10-15)28(30)31/h3-13H,2,14H2,1H3,(H,27,29)/b26-13-. The molecule has 3 aromatic carbocycles. The molecule has 0 radical (unpaired) electrons. The van der Waals surface area contributed by atoms with Gasteiger partial charge in [0.2, 0.25) is 0 Å². The first-order chi connectivity index (χ1) is 15.9. The van der Waals surface area contributed by atoms with Crippen molar-refractivity contribution in [3.63, 3.8) is 0 Å². The minimum absolute atomic E-state index is 0.00507. The van der Waals surface area contributed by atoms with Crippen LogP contribution in [0.25, 0.3) is 0 Å². The molecular formula is C23H19BrClN3O5. The number of nitro groups is 1. The zero-order valence-electron chi connectivity index (χ0n) is 17.5. The lowest BCUT2D eigenvalue weighted by Crippen LogP contribution is -2.17. The zero-order chi connectivity index (χ0) is 23.8. The van der Waals surface area contributed by atoms with Crippen molar-refractivity contribution in [2.24, 2.45) is 5.10 Å². The minimum atomic E-state index is -0.453. The second kappa shape index (κ2) is 11.4. The molecule has 8 nitrogen and oxygen atoms in total. The number of halogens is 2. The number of hydrogen-bond donors (Lipinski definition) is 1. The first-order valence-electron chi connectivity index (χ1n) is 9.79.